The quantitative estimate of drug-likeness (QED) is 0.348. The molecule has 0 saturated heterocycles. The van der Waals surface area contributed by atoms with E-state index in [1.807, 2.05) is 0 Å². The highest BCUT2D eigenvalue weighted by Crippen LogP contribution is 2.32. The van der Waals surface area contributed by atoms with Crippen LogP contribution in [-0.4, -0.2) is 28.3 Å². The summed E-state index contributed by atoms with van der Waals surface area (Å²) in [5, 5.41) is 8.75. The smallest absolute Gasteiger partial charge is 0.416 e. The molecule has 0 aliphatic rings. The molecule has 0 fully saturated rings. The number of rotatable bonds is 5. The highest BCUT2D eigenvalue weighted by Gasteiger charge is 2.30. The number of hydrogen-bond acceptors (Lipinski definition) is 6. The molecule has 180 valence electrons. The number of carbonyl (C=O) groups excluding carboxylic acids is 2. The molecule has 2 aromatic carbocycles. The number of nitrogens with one attached hydrogen (secondary N) is 1. The predicted octanol–water partition coefficient (Wildman–Crippen LogP) is 5.55. The lowest BCUT2D eigenvalue weighted by molar-refractivity contribution is -0.137. The number of fused-ring (bicyclic) bond motifs is 1. The Morgan fingerprint density at radius 3 is 2.51 bits per heavy atom. The number of anilines is 1. The maximum atomic E-state index is 13.4. The van der Waals surface area contributed by atoms with Crippen LogP contribution in [-0.2, 0) is 10.9 Å². The van der Waals surface area contributed by atoms with Gasteiger partial charge in [-0.1, -0.05) is 17.7 Å². The van der Waals surface area contributed by atoms with Gasteiger partial charge in [0.2, 0.25) is 0 Å². The fourth-order valence-corrected chi connectivity index (χ4v) is 4.39. The molecule has 0 saturated carbocycles. The maximum Gasteiger partial charge on any atom is 0.416 e. The number of nitrogens with zero attached hydrogens (tertiary/aromatic N) is 2. The molecule has 0 unspecified atom stereocenters. The van der Waals surface area contributed by atoms with E-state index >= 15 is 0 Å². The Bertz CT molecular complexity index is 1500. The average molecular weight is 522 g/mol. The maximum absolute atomic E-state index is 13.4. The molecule has 0 spiro atoms. The lowest BCUT2D eigenvalue weighted by atomic mass is 10.2. The normalized spacial score (nSPS) is 11.5. The number of halogens is 4. The van der Waals surface area contributed by atoms with E-state index in [9.17, 15) is 27.6 Å². The lowest BCUT2D eigenvalue weighted by Crippen LogP contribution is -2.25. The first-order chi connectivity index (χ1) is 16.6. The first kappa shape index (κ1) is 24.4. The van der Waals surface area contributed by atoms with Crippen LogP contribution in [0, 0.1) is 0 Å². The minimum Gasteiger partial charge on any atom is -0.461 e. The summed E-state index contributed by atoms with van der Waals surface area (Å²) < 4.78 is 44.8. The number of amides is 1. The molecule has 1 amide bonds. The van der Waals surface area contributed by atoms with Crippen molar-refractivity contribution >= 4 is 50.6 Å². The summed E-state index contributed by atoms with van der Waals surface area (Å²) in [7, 11) is 0. The monoisotopic (exact) mass is 521 g/mol. The summed E-state index contributed by atoms with van der Waals surface area (Å²) in [6.07, 6.45) is -4.57. The summed E-state index contributed by atoms with van der Waals surface area (Å²) in [4.78, 5) is 38.7. The van der Waals surface area contributed by atoms with Crippen LogP contribution in [0.5, 0.6) is 0 Å². The standard InChI is InChI=1S/C23H15ClF3N3O4S/c1-2-34-22(33)18-16-11-35-20(28-19(31)12-4-3-5-14(24)10-12)17(16)21(32)30(29-18)15-8-6-13(7-9-15)23(25,26)27/h3-11H,2H2,1H3,(H,28,31). The van der Waals surface area contributed by atoms with Crippen LogP contribution in [0.4, 0.5) is 18.2 Å². The van der Waals surface area contributed by atoms with Crippen molar-refractivity contribution in [3.05, 3.63) is 86.1 Å². The van der Waals surface area contributed by atoms with Crippen molar-refractivity contribution in [2.75, 3.05) is 11.9 Å². The molecule has 4 aromatic rings. The van der Waals surface area contributed by atoms with Gasteiger partial charge < -0.3 is 10.1 Å². The summed E-state index contributed by atoms with van der Waals surface area (Å²) in [6.45, 7) is 1.62. The number of ether oxygens (including phenoxy) is 1. The molecular formula is C23H15ClF3N3O4S. The van der Waals surface area contributed by atoms with Crippen LogP contribution in [0.25, 0.3) is 16.5 Å². The van der Waals surface area contributed by atoms with Gasteiger partial charge in [-0.3, -0.25) is 9.59 Å². The summed E-state index contributed by atoms with van der Waals surface area (Å²) in [5.74, 6) is -1.38. The van der Waals surface area contributed by atoms with Crippen LogP contribution in [0.15, 0.2) is 58.7 Å². The van der Waals surface area contributed by atoms with Crippen LogP contribution in [0.2, 0.25) is 5.02 Å². The number of esters is 1. The third kappa shape index (κ3) is 4.91. The molecule has 4 rings (SSSR count). The molecule has 0 radical (unpaired) electrons. The molecule has 12 heteroatoms. The number of aromatic nitrogens is 2. The van der Waals surface area contributed by atoms with Crippen molar-refractivity contribution in [3.8, 4) is 5.69 Å². The second-order valence-corrected chi connectivity index (χ2v) is 8.46. The first-order valence-corrected chi connectivity index (χ1v) is 11.3. The Morgan fingerprint density at radius 2 is 1.89 bits per heavy atom. The number of alkyl halides is 3. The zero-order valence-corrected chi connectivity index (χ0v) is 19.4. The van der Waals surface area contributed by atoms with Gasteiger partial charge in [-0.05, 0) is 49.4 Å². The van der Waals surface area contributed by atoms with E-state index in [2.05, 4.69) is 10.4 Å². The van der Waals surface area contributed by atoms with Crippen molar-refractivity contribution in [2.45, 2.75) is 13.1 Å². The van der Waals surface area contributed by atoms with E-state index in [0.29, 0.717) is 5.02 Å². The van der Waals surface area contributed by atoms with Gasteiger partial charge in [-0.2, -0.15) is 23.0 Å². The van der Waals surface area contributed by atoms with Crippen molar-refractivity contribution in [2.24, 2.45) is 0 Å². The largest absolute Gasteiger partial charge is 0.461 e. The summed E-state index contributed by atoms with van der Waals surface area (Å²) in [6, 6.07) is 9.88. The first-order valence-electron chi connectivity index (χ1n) is 10.1. The Balaban J connectivity index is 1.86. The van der Waals surface area contributed by atoms with E-state index < -0.39 is 29.2 Å². The zero-order chi connectivity index (χ0) is 25.3. The number of carbonyl (C=O) groups is 2. The molecule has 0 aliphatic heterocycles. The van der Waals surface area contributed by atoms with Crippen molar-refractivity contribution < 1.29 is 27.5 Å². The Hall–Kier alpha value is -3.70. The zero-order valence-electron chi connectivity index (χ0n) is 17.9. The van der Waals surface area contributed by atoms with Crippen LogP contribution in [0.3, 0.4) is 0 Å². The molecular weight excluding hydrogens is 507 g/mol. The molecule has 35 heavy (non-hydrogen) atoms. The van der Waals surface area contributed by atoms with E-state index in [-0.39, 0.29) is 39.3 Å². The SMILES string of the molecule is CCOC(=O)c1nn(-c2ccc(C(F)(F)F)cc2)c(=O)c2c(NC(=O)c3cccc(Cl)c3)scc12. The molecule has 2 aromatic heterocycles. The third-order valence-corrected chi connectivity index (χ3v) is 6.00. The van der Waals surface area contributed by atoms with E-state index in [1.165, 1.54) is 17.5 Å². The minimum atomic E-state index is -4.57. The number of benzene rings is 2. The van der Waals surface area contributed by atoms with Crippen LogP contribution in [0.1, 0.15) is 33.3 Å². The molecule has 2 heterocycles. The van der Waals surface area contributed by atoms with E-state index in [0.717, 1.165) is 40.3 Å². The summed E-state index contributed by atoms with van der Waals surface area (Å²) >= 11 is 6.93. The molecule has 0 bridgehead atoms. The fourth-order valence-electron chi connectivity index (χ4n) is 3.26. The van der Waals surface area contributed by atoms with E-state index in [4.69, 9.17) is 16.3 Å². The van der Waals surface area contributed by atoms with Gasteiger partial charge >= 0.3 is 12.1 Å². The van der Waals surface area contributed by atoms with Crippen molar-refractivity contribution in [1.29, 1.82) is 0 Å². The molecule has 0 atom stereocenters. The summed E-state index contributed by atoms with van der Waals surface area (Å²) in [5.41, 5.74) is -1.64. The molecule has 0 aliphatic carbocycles. The van der Waals surface area contributed by atoms with Crippen molar-refractivity contribution in [3.63, 3.8) is 0 Å². The number of thiophene rings is 1. The van der Waals surface area contributed by atoms with Gasteiger partial charge in [-0.25, -0.2) is 4.79 Å². The Morgan fingerprint density at radius 1 is 1.17 bits per heavy atom. The average Bonchev–Trinajstić information content (AvgIpc) is 3.23. The lowest BCUT2D eigenvalue weighted by Gasteiger charge is -2.11. The molecule has 7 nitrogen and oxygen atoms in total. The van der Waals surface area contributed by atoms with Gasteiger partial charge in [0.05, 0.1) is 23.2 Å². The predicted molar refractivity (Wildman–Crippen MR) is 126 cm³/mol. The third-order valence-electron chi connectivity index (χ3n) is 4.87. The second kappa shape index (κ2) is 9.51. The van der Waals surface area contributed by atoms with Gasteiger partial charge in [0, 0.05) is 21.4 Å². The Kier molecular flexibility index (Phi) is 6.64. The van der Waals surface area contributed by atoms with Gasteiger partial charge in [0.25, 0.3) is 11.5 Å². The van der Waals surface area contributed by atoms with Gasteiger partial charge in [0.1, 0.15) is 5.00 Å². The minimum absolute atomic E-state index is 0.00577. The molecule has 1 N–H and O–H groups in total. The highest BCUT2D eigenvalue weighted by atomic mass is 35.5. The van der Waals surface area contributed by atoms with Gasteiger partial charge in [0.15, 0.2) is 5.69 Å². The fraction of sp³-hybridized carbons (Fsp3) is 0.130. The number of hydrogen-bond donors (Lipinski definition) is 1. The second-order valence-electron chi connectivity index (χ2n) is 7.15. The van der Waals surface area contributed by atoms with Crippen molar-refractivity contribution in [1.82, 2.24) is 9.78 Å². The topological polar surface area (TPSA) is 90.3 Å². The Labute approximate surface area is 204 Å². The van der Waals surface area contributed by atoms with Crippen LogP contribution < -0.4 is 10.9 Å². The van der Waals surface area contributed by atoms with Crippen LogP contribution >= 0.6 is 22.9 Å². The van der Waals surface area contributed by atoms with Gasteiger partial charge in [-0.15, -0.1) is 11.3 Å². The van der Waals surface area contributed by atoms with E-state index in [1.54, 1.807) is 19.1 Å². The highest BCUT2D eigenvalue weighted by molar-refractivity contribution is 7.16.